The smallest absolute Gasteiger partial charge is 0.245 e. The van der Waals surface area contributed by atoms with Crippen LogP contribution < -0.4 is 5.32 Å². The normalized spacial score (nSPS) is 23.9. The number of nitrogens with one attached hydrogen (secondary N) is 1. The van der Waals surface area contributed by atoms with Gasteiger partial charge in [-0.3, -0.25) is 9.59 Å². The zero-order chi connectivity index (χ0) is 11.4. The summed E-state index contributed by atoms with van der Waals surface area (Å²) in [6.07, 6.45) is 0.752. The molecule has 1 heterocycles. The molecule has 0 aromatic heterocycles. The number of amides is 2. The molecule has 0 bridgehead atoms. The van der Waals surface area contributed by atoms with Crippen molar-refractivity contribution in [3.63, 3.8) is 0 Å². The molecule has 2 amide bonds. The average Bonchev–Trinajstić information content (AvgIpc) is 2.19. The van der Waals surface area contributed by atoms with Gasteiger partial charge in [-0.05, 0) is 20.3 Å². The molecule has 0 spiro atoms. The molecule has 0 aromatic carbocycles. The third-order valence-corrected chi connectivity index (χ3v) is 2.62. The molecule has 1 saturated heterocycles. The highest BCUT2D eigenvalue weighted by atomic mass is 16.5. The van der Waals surface area contributed by atoms with Crippen LogP contribution in [0.2, 0.25) is 0 Å². The van der Waals surface area contributed by atoms with Gasteiger partial charge in [0.25, 0.3) is 0 Å². The fourth-order valence-electron chi connectivity index (χ4n) is 1.65. The first-order valence-electron chi connectivity index (χ1n) is 5.15. The highest BCUT2D eigenvalue weighted by Gasteiger charge is 2.32. The van der Waals surface area contributed by atoms with Gasteiger partial charge in [-0.1, -0.05) is 0 Å². The van der Waals surface area contributed by atoms with Crippen LogP contribution in [0.1, 0.15) is 20.3 Å². The first kappa shape index (κ1) is 12.0. The molecular weight excluding hydrogens is 196 g/mol. The third kappa shape index (κ3) is 2.92. The summed E-state index contributed by atoms with van der Waals surface area (Å²) in [5, 5.41) is 2.61. The van der Waals surface area contributed by atoms with E-state index in [1.165, 1.54) is 0 Å². The molecule has 1 aliphatic rings. The average molecular weight is 214 g/mol. The Labute approximate surface area is 89.8 Å². The quantitative estimate of drug-likeness (QED) is 0.702. The molecule has 0 aromatic rings. The maximum absolute atomic E-state index is 11.7. The number of hydrogen-bond acceptors (Lipinski definition) is 3. The van der Waals surface area contributed by atoms with Crippen molar-refractivity contribution in [2.24, 2.45) is 0 Å². The van der Waals surface area contributed by atoms with E-state index in [1.807, 2.05) is 6.92 Å². The van der Waals surface area contributed by atoms with Crippen LogP contribution in [-0.4, -0.2) is 49.1 Å². The van der Waals surface area contributed by atoms with Gasteiger partial charge < -0.3 is 15.0 Å². The number of methoxy groups -OCH3 is 1. The summed E-state index contributed by atoms with van der Waals surface area (Å²) in [6, 6.07) is -0.359. The van der Waals surface area contributed by atoms with E-state index in [1.54, 1.807) is 18.9 Å². The molecule has 1 fully saturated rings. The molecule has 5 heteroatoms. The maximum Gasteiger partial charge on any atom is 0.245 e. The van der Waals surface area contributed by atoms with Gasteiger partial charge in [0.1, 0.15) is 6.04 Å². The van der Waals surface area contributed by atoms with Gasteiger partial charge in [-0.15, -0.1) is 0 Å². The summed E-state index contributed by atoms with van der Waals surface area (Å²) >= 11 is 0. The Morgan fingerprint density at radius 3 is 2.87 bits per heavy atom. The number of rotatable bonds is 4. The Morgan fingerprint density at radius 2 is 2.27 bits per heavy atom. The van der Waals surface area contributed by atoms with E-state index in [-0.39, 0.29) is 24.4 Å². The van der Waals surface area contributed by atoms with Crippen LogP contribution in [0.5, 0.6) is 0 Å². The summed E-state index contributed by atoms with van der Waals surface area (Å²) in [4.78, 5) is 24.6. The lowest BCUT2D eigenvalue weighted by Gasteiger charge is -2.35. The van der Waals surface area contributed by atoms with Crippen molar-refractivity contribution in [1.29, 1.82) is 0 Å². The van der Waals surface area contributed by atoms with E-state index in [0.717, 1.165) is 6.42 Å². The molecule has 0 aliphatic carbocycles. The second-order valence-electron chi connectivity index (χ2n) is 3.89. The van der Waals surface area contributed by atoms with E-state index in [4.69, 9.17) is 4.74 Å². The third-order valence-electron chi connectivity index (χ3n) is 2.62. The van der Waals surface area contributed by atoms with Crippen LogP contribution >= 0.6 is 0 Å². The predicted molar refractivity (Wildman–Crippen MR) is 55.3 cm³/mol. The van der Waals surface area contributed by atoms with Crippen molar-refractivity contribution in [1.82, 2.24) is 10.2 Å². The Bertz CT molecular complexity index is 255. The molecule has 1 aliphatic heterocycles. The van der Waals surface area contributed by atoms with E-state index >= 15 is 0 Å². The second-order valence-corrected chi connectivity index (χ2v) is 3.89. The molecule has 0 radical (unpaired) electrons. The monoisotopic (exact) mass is 214 g/mol. The second kappa shape index (κ2) is 5.11. The zero-order valence-corrected chi connectivity index (χ0v) is 9.45. The summed E-state index contributed by atoms with van der Waals surface area (Å²) in [5.41, 5.74) is 0. The number of hydrogen-bond donors (Lipinski definition) is 1. The van der Waals surface area contributed by atoms with Crippen molar-refractivity contribution < 1.29 is 14.3 Å². The van der Waals surface area contributed by atoms with Gasteiger partial charge in [0, 0.05) is 19.8 Å². The molecule has 86 valence electrons. The Morgan fingerprint density at radius 1 is 1.60 bits per heavy atom. The number of carbonyl (C=O) groups is 2. The summed E-state index contributed by atoms with van der Waals surface area (Å²) < 4.78 is 4.95. The lowest BCUT2D eigenvalue weighted by molar-refractivity contribution is -0.146. The van der Waals surface area contributed by atoms with Crippen LogP contribution in [0.15, 0.2) is 0 Å². The SMILES string of the molecule is COCCC(C)N1CC(=O)NC(C)C1=O. The van der Waals surface area contributed by atoms with Gasteiger partial charge in [0.15, 0.2) is 0 Å². The van der Waals surface area contributed by atoms with Crippen molar-refractivity contribution >= 4 is 11.8 Å². The van der Waals surface area contributed by atoms with E-state index in [9.17, 15) is 9.59 Å². The van der Waals surface area contributed by atoms with Crippen LogP contribution in [0.4, 0.5) is 0 Å². The molecule has 1 rings (SSSR count). The Hall–Kier alpha value is -1.10. The summed E-state index contributed by atoms with van der Waals surface area (Å²) in [6.45, 7) is 4.40. The van der Waals surface area contributed by atoms with Gasteiger partial charge in [-0.2, -0.15) is 0 Å². The first-order chi connectivity index (χ1) is 7.06. The van der Waals surface area contributed by atoms with Crippen LogP contribution in [-0.2, 0) is 14.3 Å². The Balaban J connectivity index is 2.58. The molecule has 2 unspecified atom stereocenters. The van der Waals surface area contributed by atoms with E-state index in [0.29, 0.717) is 6.61 Å². The number of ether oxygens (including phenoxy) is 1. The van der Waals surface area contributed by atoms with E-state index < -0.39 is 6.04 Å². The standard InChI is InChI=1S/C10H18N2O3/c1-7(4-5-15-3)12-6-9(13)11-8(2)10(12)14/h7-8H,4-6H2,1-3H3,(H,11,13). The topological polar surface area (TPSA) is 58.6 Å². The maximum atomic E-state index is 11.7. The number of carbonyl (C=O) groups excluding carboxylic acids is 2. The van der Waals surface area contributed by atoms with Crippen LogP contribution in [0.25, 0.3) is 0 Å². The molecular formula is C10H18N2O3. The molecule has 0 saturated carbocycles. The minimum absolute atomic E-state index is 0.0156. The lowest BCUT2D eigenvalue weighted by Crippen LogP contribution is -2.59. The van der Waals surface area contributed by atoms with Crippen molar-refractivity contribution in [2.75, 3.05) is 20.3 Å². The predicted octanol–water partition coefficient (Wildman–Crippen LogP) is -0.242. The van der Waals surface area contributed by atoms with Crippen molar-refractivity contribution in [3.8, 4) is 0 Å². The van der Waals surface area contributed by atoms with E-state index in [2.05, 4.69) is 5.32 Å². The first-order valence-corrected chi connectivity index (χ1v) is 5.15. The minimum Gasteiger partial charge on any atom is -0.385 e. The minimum atomic E-state index is -0.406. The number of piperazine rings is 1. The van der Waals surface area contributed by atoms with Crippen LogP contribution in [0, 0.1) is 0 Å². The largest absolute Gasteiger partial charge is 0.385 e. The zero-order valence-electron chi connectivity index (χ0n) is 9.45. The lowest BCUT2D eigenvalue weighted by atomic mass is 10.1. The molecule has 2 atom stereocenters. The van der Waals surface area contributed by atoms with Gasteiger partial charge in [0.2, 0.25) is 11.8 Å². The van der Waals surface area contributed by atoms with Gasteiger partial charge in [-0.25, -0.2) is 0 Å². The van der Waals surface area contributed by atoms with Crippen LogP contribution in [0.3, 0.4) is 0 Å². The van der Waals surface area contributed by atoms with Gasteiger partial charge in [0.05, 0.1) is 6.54 Å². The fraction of sp³-hybridized carbons (Fsp3) is 0.800. The summed E-state index contributed by atoms with van der Waals surface area (Å²) in [5.74, 6) is -0.107. The number of nitrogens with zero attached hydrogens (tertiary/aromatic N) is 1. The highest BCUT2D eigenvalue weighted by molar-refractivity contribution is 5.94. The van der Waals surface area contributed by atoms with Crippen molar-refractivity contribution in [2.45, 2.75) is 32.4 Å². The highest BCUT2D eigenvalue weighted by Crippen LogP contribution is 2.09. The summed E-state index contributed by atoms with van der Waals surface area (Å²) in [7, 11) is 1.63. The fourth-order valence-corrected chi connectivity index (χ4v) is 1.65. The van der Waals surface area contributed by atoms with Gasteiger partial charge >= 0.3 is 0 Å². The van der Waals surface area contributed by atoms with Crippen molar-refractivity contribution in [3.05, 3.63) is 0 Å². The molecule has 1 N–H and O–H groups in total. The molecule has 15 heavy (non-hydrogen) atoms. The Kier molecular flexibility index (Phi) is 4.08. The molecule has 5 nitrogen and oxygen atoms in total.